The molecule has 0 radical (unpaired) electrons. The van der Waals surface area contributed by atoms with Gasteiger partial charge in [-0.3, -0.25) is 4.79 Å². The smallest absolute Gasteiger partial charge is 0.337 e. The number of carbonyl (C=O) groups excluding carboxylic acids is 1. The zero-order chi connectivity index (χ0) is 18.0. The predicted molar refractivity (Wildman–Crippen MR) is 95.0 cm³/mol. The normalized spacial score (nSPS) is 10.9. The second-order valence-corrected chi connectivity index (χ2v) is 5.84. The number of rotatable bonds is 4. The van der Waals surface area contributed by atoms with E-state index in [0.29, 0.717) is 33.6 Å². The Morgan fingerprint density at radius 2 is 1.84 bits per heavy atom. The summed E-state index contributed by atoms with van der Waals surface area (Å²) in [6, 6.07) is 13.4. The van der Waals surface area contributed by atoms with Gasteiger partial charge in [-0.25, -0.2) is 4.79 Å². The average molecular weight is 338 g/mol. The van der Waals surface area contributed by atoms with Gasteiger partial charge in [0, 0.05) is 6.07 Å². The van der Waals surface area contributed by atoms with Crippen LogP contribution in [0.15, 0.2) is 57.7 Å². The number of hydrogen-bond donors (Lipinski definition) is 0. The van der Waals surface area contributed by atoms with Gasteiger partial charge >= 0.3 is 5.97 Å². The molecule has 1 aromatic heterocycles. The molecular formula is C20H18O5. The SMILES string of the molecule is COC(=O)c1ccc2oc(-c3ccccc3OC(C)C)cc(=O)c2c1. The molecule has 3 rings (SSSR count). The Bertz CT molecular complexity index is 985. The highest BCUT2D eigenvalue weighted by atomic mass is 16.5. The van der Waals surface area contributed by atoms with Crippen LogP contribution in [0.3, 0.4) is 0 Å². The molecule has 1 heterocycles. The van der Waals surface area contributed by atoms with Crippen LogP contribution >= 0.6 is 0 Å². The van der Waals surface area contributed by atoms with E-state index in [4.69, 9.17) is 9.15 Å². The van der Waals surface area contributed by atoms with Gasteiger partial charge in [-0.1, -0.05) is 12.1 Å². The first-order chi connectivity index (χ1) is 12.0. The molecule has 0 saturated heterocycles. The summed E-state index contributed by atoms with van der Waals surface area (Å²) in [5, 5.41) is 0.328. The van der Waals surface area contributed by atoms with Crippen molar-refractivity contribution in [2.24, 2.45) is 0 Å². The minimum Gasteiger partial charge on any atom is -0.490 e. The summed E-state index contributed by atoms with van der Waals surface area (Å²) in [6.07, 6.45) is -0.00376. The Hall–Kier alpha value is -3.08. The van der Waals surface area contributed by atoms with E-state index in [0.717, 1.165) is 0 Å². The molecule has 3 aromatic rings. The Morgan fingerprint density at radius 3 is 2.56 bits per heavy atom. The maximum atomic E-state index is 12.5. The lowest BCUT2D eigenvalue weighted by Gasteiger charge is -2.13. The summed E-state index contributed by atoms with van der Waals surface area (Å²) in [4.78, 5) is 24.1. The van der Waals surface area contributed by atoms with E-state index in [9.17, 15) is 9.59 Å². The van der Waals surface area contributed by atoms with Gasteiger partial charge in [0.25, 0.3) is 0 Å². The number of carbonyl (C=O) groups is 1. The lowest BCUT2D eigenvalue weighted by molar-refractivity contribution is 0.0601. The maximum absolute atomic E-state index is 12.5. The molecule has 0 spiro atoms. The van der Waals surface area contributed by atoms with Gasteiger partial charge in [-0.05, 0) is 44.2 Å². The summed E-state index contributed by atoms with van der Waals surface area (Å²) in [5.41, 5.74) is 1.17. The van der Waals surface area contributed by atoms with E-state index in [2.05, 4.69) is 4.74 Å². The monoisotopic (exact) mass is 338 g/mol. The van der Waals surface area contributed by atoms with Crippen LogP contribution in [-0.4, -0.2) is 19.2 Å². The topological polar surface area (TPSA) is 65.7 Å². The second kappa shape index (κ2) is 6.81. The van der Waals surface area contributed by atoms with Gasteiger partial charge in [0.15, 0.2) is 5.43 Å². The fourth-order valence-electron chi connectivity index (χ4n) is 2.56. The summed E-state index contributed by atoms with van der Waals surface area (Å²) < 4.78 is 16.4. The van der Waals surface area contributed by atoms with Crippen molar-refractivity contribution in [1.29, 1.82) is 0 Å². The molecule has 128 valence electrons. The third-order valence-electron chi connectivity index (χ3n) is 3.66. The average Bonchev–Trinajstić information content (AvgIpc) is 2.60. The first-order valence-corrected chi connectivity index (χ1v) is 7.92. The van der Waals surface area contributed by atoms with Crippen LogP contribution in [0.1, 0.15) is 24.2 Å². The molecule has 0 bridgehead atoms. The van der Waals surface area contributed by atoms with E-state index in [1.54, 1.807) is 12.1 Å². The van der Waals surface area contributed by atoms with Crippen molar-refractivity contribution in [3.63, 3.8) is 0 Å². The van der Waals surface area contributed by atoms with Crippen LogP contribution in [0, 0.1) is 0 Å². The van der Waals surface area contributed by atoms with Crippen molar-refractivity contribution < 1.29 is 18.7 Å². The number of methoxy groups -OCH3 is 1. The molecular weight excluding hydrogens is 320 g/mol. The lowest BCUT2D eigenvalue weighted by Crippen LogP contribution is -2.07. The van der Waals surface area contributed by atoms with E-state index in [1.165, 1.54) is 19.2 Å². The van der Waals surface area contributed by atoms with Crippen LogP contribution in [0.2, 0.25) is 0 Å². The number of hydrogen-bond acceptors (Lipinski definition) is 5. The predicted octanol–water partition coefficient (Wildman–Crippen LogP) is 4.03. The third-order valence-corrected chi connectivity index (χ3v) is 3.66. The Balaban J connectivity index is 2.14. The maximum Gasteiger partial charge on any atom is 0.337 e. The molecule has 0 aliphatic rings. The standard InChI is InChI=1S/C20H18O5/c1-12(2)24-17-7-5-4-6-14(17)19-11-16(21)15-10-13(20(22)23-3)8-9-18(15)25-19/h4-12H,1-3H3. The molecule has 0 unspecified atom stereocenters. The van der Waals surface area contributed by atoms with Crippen LogP contribution in [0.4, 0.5) is 0 Å². The molecule has 25 heavy (non-hydrogen) atoms. The quantitative estimate of drug-likeness (QED) is 0.672. The molecule has 0 saturated carbocycles. The van der Waals surface area contributed by atoms with Gasteiger partial charge in [0.05, 0.1) is 29.7 Å². The second-order valence-electron chi connectivity index (χ2n) is 5.84. The highest BCUT2D eigenvalue weighted by Gasteiger charge is 2.14. The lowest BCUT2D eigenvalue weighted by atomic mass is 10.1. The van der Waals surface area contributed by atoms with Crippen molar-refractivity contribution >= 4 is 16.9 Å². The fourth-order valence-corrected chi connectivity index (χ4v) is 2.56. The fraction of sp³-hybridized carbons (Fsp3) is 0.200. The molecule has 5 heteroatoms. The van der Waals surface area contributed by atoms with E-state index in [1.807, 2.05) is 38.1 Å². The van der Waals surface area contributed by atoms with Crippen molar-refractivity contribution in [3.05, 3.63) is 64.3 Å². The summed E-state index contributed by atoms with van der Waals surface area (Å²) in [5.74, 6) is 0.562. The van der Waals surface area contributed by atoms with Crippen molar-refractivity contribution in [3.8, 4) is 17.1 Å². The first kappa shape index (κ1) is 16.8. The Labute approximate surface area is 144 Å². The van der Waals surface area contributed by atoms with Crippen LogP contribution in [-0.2, 0) is 4.74 Å². The van der Waals surface area contributed by atoms with Crippen LogP contribution in [0.5, 0.6) is 5.75 Å². The van der Waals surface area contributed by atoms with Crippen molar-refractivity contribution in [2.75, 3.05) is 7.11 Å². The van der Waals surface area contributed by atoms with Gasteiger partial charge < -0.3 is 13.9 Å². The van der Waals surface area contributed by atoms with E-state index in [-0.39, 0.29) is 11.5 Å². The highest BCUT2D eigenvalue weighted by Crippen LogP contribution is 2.31. The number of benzene rings is 2. The minimum atomic E-state index is -0.499. The van der Waals surface area contributed by atoms with Crippen molar-refractivity contribution in [2.45, 2.75) is 20.0 Å². The van der Waals surface area contributed by atoms with Gasteiger partial charge in [-0.15, -0.1) is 0 Å². The van der Waals surface area contributed by atoms with E-state index < -0.39 is 5.97 Å². The first-order valence-electron chi connectivity index (χ1n) is 7.92. The summed E-state index contributed by atoms with van der Waals surface area (Å²) >= 11 is 0. The molecule has 0 aliphatic carbocycles. The van der Waals surface area contributed by atoms with Crippen LogP contribution in [0.25, 0.3) is 22.3 Å². The van der Waals surface area contributed by atoms with Gasteiger partial charge in [0.2, 0.25) is 0 Å². The number of ether oxygens (including phenoxy) is 2. The van der Waals surface area contributed by atoms with Gasteiger partial charge in [-0.2, -0.15) is 0 Å². The molecule has 0 fully saturated rings. The van der Waals surface area contributed by atoms with Crippen LogP contribution < -0.4 is 10.2 Å². The number of esters is 1. The highest BCUT2D eigenvalue weighted by molar-refractivity contribution is 5.94. The largest absolute Gasteiger partial charge is 0.490 e. The Morgan fingerprint density at radius 1 is 1.08 bits per heavy atom. The molecule has 5 nitrogen and oxygen atoms in total. The van der Waals surface area contributed by atoms with Crippen molar-refractivity contribution in [1.82, 2.24) is 0 Å². The number of para-hydroxylation sites is 1. The molecule has 0 amide bonds. The number of fused-ring (bicyclic) bond motifs is 1. The molecule has 0 N–H and O–H groups in total. The molecule has 0 atom stereocenters. The third kappa shape index (κ3) is 3.40. The zero-order valence-corrected chi connectivity index (χ0v) is 14.2. The van der Waals surface area contributed by atoms with E-state index >= 15 is 0 Å². The molecule has 0 aliphatic heterocycles. The zero-order valence-electron chi connectivity index (χ0n) is 14.2. The van der Waals surface area contributed by atoms with Gasteiger partial charge in [0.1, 0.15) is 17.1 Å². The Kier molecular flexibility index (Phi) is 4.57. The molecule has 2 aromatic carbocycles. The summed E-state index contributed by atoms with van der Waals surface area (Å²) in [7, 11) is 1.30. The minimum absolute atomic E-state index is 0.00376. The summed E-state index contributed by atoms with van der Waals surface area (Å²) in [6.45, 7) is 3.86.